The molecule has 72 valence electrons. The van der Waals surface area contributed by atoms with Crippen LogP contribution in [0.25, 0.3) is 11.1 Å². The molecule has 0 saturated carbocycles. The maximum absolute atomic E-state index is 9.33. The minimum atomic E-state index is 0.307. The maximum Gasteiger partial charge on any atom is 0.116 e. The van der Waals surface area contributed by atoms with E-state index in [1.807, 2.05) is 12.1 Å². The lowest BCUT2D eigenvalue weighted by molar-refractivity contribution is 0.475. The zero-order chi connectivity index (χ0) is 9.97. The van der Waals surface area contributed by atoms with Gasteiger partial charge in [0, 0.05) is 10.6 Å². The van der Waals surface area contributed by atoms with E-state index >= 15 is 0 Å². The summed E-state index contributed by atoms with van der Waals surface area (Å²) in [5, 5.41) is 11.4. The fourth-order valence-electron chi connectivity index (χ4n) is 1.30. The number of hydrogen-bond acceptors (Lipinski definition) is 3. The highest BCUT2D eigenvalue weighted by molar-refractivity contribution is 7.79. The van der Waals surface area contributed by atoms with Gasteiger partial charge in [0.05, 0.1) is 0 Å². The average Bonchev–Trinajstić information content (AvgIpc) is 2.66. The van der Waals surface area contributed by atoms with Crippen LogP contribution in [0.5, 0.6) is 5.75 Å². The van der Waals surface area contributed by atoms with Crippen LogP contribution in [-0.2, 0) is 5.75 Å². The normalized spacial score (nSPS) is 10.4. The summed E-state index contributed by atoms with van der Waals surface area (Å²) in [6.45, 7) is 0. The number of thiophene rings is 1. The first kappa shape index (κ1) is 9.62. The molecule has 0 aliphatic heterocycles. The maximum atomic E-state index is 9.33. The van der Waals surface area contributed by atoms with Gasteiger partial charge in [-0.15, -0.1) is 11.3 Å². The Hall–Kier alpha value is -0.930. The third-order valence-electron chi connectivity index (χ3n) is 1.99. The van der Waals surface area contributed by atoms with Crippen molar-refractivity contribution in [2.75, 3.05) is 0 Å². The Morgan fingerprint density at radius 1 is 1.21 bits per heavy atom. The van der Waals surface area contributed by atoms with Gasteiger partial charge in [-0.05, 0) is 34.7 Å². The highest BCUT2D eigenvalue weighted by Gasteiger charge is 2.01. The molecule has 0 unspecified atom stereocenters. The molecule has 1 aromatic carbocycles. The average molecular weight is 222 g/mol. The van der Waals surface area contributed by atoms with Crippen molar-refractivity contribution in [2.24, 2.45) is 0 Å². The molecule has 1 nitrogen and oxygen atoms in total. The van der Waals surface area contributed by atoms with E-state index in [2.05, 4.69) is 24.1 Å². The van der Waals surface area contributed by atoms with Crippen molar-refractivity contribution >= 4 is 24.0 Å². The third kappa shape index (κ3) is 1.94. The van der Waals surface area contributed by atoms with E-state index in [-0.39, 0.29) is 0 Å². The molecular formula is C11H10OS2. The predicted molar refractivity (Wildman–Crippen MR) is 64.1 cm³/mol. The first-order valence-electron chi connectivity index (χ1n) is 4.27. The Balaban J connectivity index is 2.39. The summed E-state index contributed by atoms with van der Waals surface area (Å²) < 4.78 is 0. The summed E-state index contributed by atoms with van der Waals surface area (Å²) in [4.78, 5) is 1.24. The molecule has 0 spiro atoms. The second-order valence-electron chi connectivity index (χ2n) is 3.01. The Morgan fingerprint density at radius 3 is 2.71 bits per heavy atom. The molecule has 1 N–H and O–H groups in total. The van der Waals surface area contributed by atoms with Gasteiger partial charge in [0.1, 0.15) is 5.75 Å². The van der Waals surface area contributed by atoms with Gasteiger partial charge in [-0.2, -0.15) is 12.6 Å². The lowest BCUT2D eigenvalue weighted by Gasteiger charge is -1.97. The SMILES string of the molecule is Oc1cccc(-c2csc(CS)c2)c1. The van der Waals surface area contributed by atoms with Gasteiger partial charge < -0.3 is 5.11 Å². The van der Waals surface area contributed by atoms with E-state index in [1.54, 1.807) is 23.5 Å². The molecule has 2 aromatic rings. The molecule has 0 radical (unpaired) electrons. The van der Waals surface area contributed by atoms with E-state index in [0.29, 0.717) is 5.75 Å². The van der Waals surface area contributed by atoms with Crippen LogP contribution in [0, 0.1) is 0 Å². The first-order chi connectivity index (χ1) is 6.79. The van der Waals surface area contributed by atoms with Crippen molar-refractivity contribution in [1.82, 2.24) is 0 Å². The Labute approximate surface area is 92.4 Å². The molecule has 0 bridgehead atoms. The van der Waals surface area contributed by atoms with Crippen molar-refractivity contribution < 1.29 is 5.11 Å². The Morgan fingerprint density at radius 2 is 2.07 bits per heavy atom. The van der Waals surface area contributed by atoms with Crippen LogP contribution in [-0.4, -0.2) is 5.11 Å². The van der Waals surface area contributed by atoms with Gasteiger partial charge in [-0.1, -0.05) is 12.1 Å². The molecule has 14 heavy (non-hydrogen) atoms. The number of rotatable bonds is 2. The predicted octanol–water partition coefficient (Wildman–Crippen LogP) is 3.55. The summed E-state index contributed by atoms with van der Waals surface area (Å²) in [5.74, 6) is 1.07. The zero-order valence-electron chi connectivity index (χ0n) is 7.47. The van der Waals surface area contributed by atoms with E-state index in [9.17, 15) is 5.11 Å². The molecule has 3 heteroatoms. The zero-order valence-corrected chi connectivity index (χ0v) is 9.18. The Bertz CT molecular complexity index is 434. The van der Waals surface area contributed by atoms with Crippen LogP contribution >= 0.6 is 24.0 Å². The van der Waals surface area contributed by atoms with Crippen molar-refractivity contribution in [3.05, 3.63) is 40.6 Å². The number of thiol groups is 1. The van der Waals surface area contributed by atoms with Gasteiger partial charge in [0.15, 0.2) is 0 Å². The van der Waals surface area contributed by atoms with Crippen LogP contribution < -0.4 is 0 Å². The first-order valence-corrected chi connectivity index (χ1v) is 5.78. The third-order valence-corrected chi connectivity index (χ3v) is 3.48. The molecular weight excluding hydrogens is 212 g/mol. The van der Waals surface area contributed by atoms with Gasteiger partial charge >= 0.3 is 0 Å². The number of hydrogen-bond donors (Lipinski definition) is 2. The van der Waals surface area contributed by atoms with Crippen LogP contribution in [0.2, 0.25) is 0 Å². The molecule has 2 rings (SSSR count). The van der Waals surface area contributed by atoms with Crippen LogP contribution in [0.1, 0.15) is 4.88 Å². The number of benzene rings is 1. The molecule has 1 heterocycles. The minimum absolute atomic E-state index is 0.307. The lowest BCUT2D eigenvalue weighted by Crippen LogP contribution is -1.72. The quantitative estimate of drug-likeness (QED) is 0.745. The summed E-state index contributed by atoms with van der Waals surface area (Å²) in [6.07, 6.45) is 0. The fourth-order valence-corrected chi connectivity index (χ4v) is 2.37. The molecule has 0 fully saturated rings. The molecule has 0 aliphatic carbocycles. The highest BCUT2D eigenvalue weighted by atomic mass is 32.1. The molecule has 0 amide bonds. The monoisotopic (exact) mass is 222 g/mol. The second-order valence-corrected chi connectivity index (χ2v) is 4.32. The molecule has 0 aliphatic rings. The fraction of sp³-hybridized carbons (Fsp3) is 0.0909. The van der Waals surface area contributed by atoms with E-state index < -0.39 is 0 Å². The molecule has 1 aromatic heterocycles. The lowest BCUT2D eigenvalue weighted by atomic mass is 10.1. The molecule has 0 saturated heterocycles. The largest absolute Gasteiger partial charge is 0.508 e. The Kier molecular flexibility index (Phi) is 2.79. The van der Waals surface area contributed by atoms with Crippen LogP contribution in [0.3, 0.4) is 0 Å². The van der Waals surface area contributed by atoms with Gasteiger partial charge in [-0.3, -0.25) is 0 Å². The smallest absolute Gasteiger partial charge is 0.116 e. The van der Waals surface area contributed by atoms with Crippen molar-refractivity contribution in [3.8, 4) is 16.9 Å². The van der Waals surface area contributed by atoms with Crippen molar-refractivity contribution in [2.45, 2.75) is 5.75 Å². The van der Waals surface area contributed by atoms with E-state index in [4.69, 9.17) is 0 Å². The van der Waals surface area contributed by atoms with Gasteiger partial charge in [0.25, 0.3) is 0 Å². The van der Waals surface area contributed by atoms with Crippen LogP contribution in [0.4, 0.5) is 0 Å². The summed E-state index contributed by atoms with van der Waals surface area (Å²) in [5.41, 5.74) is 2.20. The van der Waals surface area contributed by atoms with Crippen molar-refractivity contribution in [3.63, 3.8) is 0 Å². The highest BCUT2D eigenvalue weighted by Crippen LogP contribution is 2.28. The number of phenolic OH excluding ortho intramolecular Hbond substituents is 1. The van der Waals surface area contributed by atoms with Crippen molar-refractivity contribution in [1.29, 1.82) is 0 Å². The standard InChI is InChI=1S/C11H10OS2/c12-10-3-1-2-8(4-10)9-5-11(6-13)14-7-9/h1-5,7,12-13H,6H2. The molecule has 0 atom stereocenters. The second kappa shape index (κ2) is 4.07. The van der Waals surface area contributed by atoms with E-state index in [1.165, 1.54) is 4.88 Å². The summed E-state index contributed by atoms with van der Waals surface area (Å²) in [6, 6.07) is 9.39. The van der Waals surface area contributed by atoms with Gasteiger partial charge in [-0.25, -0.2) is 0 Å². The van der Waals surface area contributed by atoms with E-state index in [0.717, 1.165) is 16.9 Å². The topological polar surface area (TPSA) is 20.2 Å². The van der Waals surface area contributed by atoms with Gasteiger partial charge in [0.2, 0.25) is 0 Å². The van der Waals surface area contributed by atoms with Crippen LogP contribution in [0.15, 0.2) is 35.7 Å². The number of phenols is 1. The number of aromatic hydroxyl groups is 1. The summed E-state index contributed by atoms with van der Waals surface area (Å²) >= 11 is 5.91. The summed E-state index contributed by atoms with van der Waals surface area (Å²) in [7, 11) is 0. The minimum Gasteiger partial charge on any atom is -0.508 e.